The zero-order valence-corrected chi connectivity index (χ0v) is 14.2. The van der Waals surface area contributed by atoms with Gasteiger partial charge in [-0.25, -0.2) is 4.79 Å². The molecule has 1 aliphatic heterocycles. The summed E-state index contributed by atoms with van der Waals surface area (Å²) >= 11 is 0. The Morgan fingerprint density at radius 1 is 1.29 bits per heavy atom. The molecular weight excluding hydrogens is 270 g/mol. The van der Waals surface area contributed by atoms with Crippen LogP contribution in [0, 0.1) is 0 Å². The second-order valence-electron chi connectivity index (χ2n) is 6.74. The lowest BCUT2D eigenvalue weighted by Gasteiger charge is -2.42. The van der Waals surface area contributed by atoms with E-state index in [0.717, 1.165) is 32.2 Å². The van der Waals surface area contributed by atoms with E-state index in [1.165, 1.54) is 0 Å². The van der Waals surface area contributed by atoms with Gasteiger partial charge in [0, 0.05) is 26.9 Å². The fourth-order valence-electron chi connectivity index (χ4n) is 2.58. The van der Waals surface area contributed by atoms with Crippen LogP contribution in [0.15, 0.2) is 0 Å². The first-order valence-electron chi connectivity index (χ1n) is 7.93. The predicted octanol–water partition coefficient (Wildman–Crippen LogP) is 3.22. The van der Waals surface area contributed by atoms with E-state index in [-0.39, 0.29) is 11.7 Å². The summed E-state index contributed by atoms with van der Waals surface area (Å²) in [6.07, 6.45) is 3.50. The summed E-state index contributed by atoms with van der Waals surface area (Å²) < 4.78 is 16.6. The van der Waals surface area contributed by atoms with Crippen LogP contribution in [0.25, 0.3) is 0 Å². The van der Waals surface area contributed by atoms with Gasteiger partial charge in [-0.3, -0.25) is 0 Å². The summed E-state index contributed by atoms with van der Waals surface area (Å²) in [4.78, 5) is 14.0. The Bertz CT molecular complexity index is 327. The number of rotatable bonds is 6. The number of ether oxygens (including phenoxy) is 3. The van der Waals surface area contributed by atoms with E-state index >= 15 is 0 Å². The highest BCUT2D eigenvalue weighted by Crippen LogP contribution is 2.29. The van der Waals surface area contributed by atoms with E-state index in [1.54, 1.807) is 12.0 Å². The molecule has 0 saturated carbocycles. The molecule has 0 radical (unpaired) electrons. The van der Waals surface area contributed by atoms with Crippen LogP contribution in [-0.2, 0) is 14.2 Å². The van der Waals surface area contributed by atoms with E-state index in [4.69, 9.17) is 14.2 Å². The first-order chi connectivity index (χ1) is 9.82. The Hall–Kier alpha value is -0.810. The molecular formula is C16H31NO4. The minimum atomic E-state index is -0.456. The number of hydrogen-bond acceptors (Lipinski definition) is 4. The SMILES string of the molecule is CCC1(OCCCOC)CCCN(C(=O)OC(C)(C)C)C1. The third-order valence-corrected chi connectivity index (χ3v) is 3.74. The van der Waals surface area contributed by atoms with Gasteiger partial charge in [-0.1, -0.05) is 6.92 Å². The van der Waals surface area contributed by atoms with Gasteiger partial charge in [-0.2, -0.15) is 0 Å². The molecule has 0 spiro atoms. The van der Waals surface area contributed by atoms with Crippen LogP contribution in [0.2, 0.25) is 0 Å². The maximum Gasteiger partial charge on any atom is 0.410 e. The molecule has 21 heavy (non-hydrogen) atoms. The number of likely N-dealkylation sites (tertiary alicyclic amines) is 1. The van der Waals surface area contributed by atoms with Gasteiger partial charge in [-0.15, -0.1) is 0 Å². The minimum Gasteiger partial charge on any atom is -0.444 e. The number of amides is 1. The molecule has 1 saturated heterocycles. The van der Waals surface area contributed by atoms with E-state index in [0.29, 0.717) is 19.8 Å². The number of piperidine rings is 1. The molecule has 0 aliphatic carbocycles. The summed E-state index contributed by atoms with van der Waals surface area (Å²) in [6, 6.07) is 0. The van der Waals surface area contributed by atoms with Crippen molar-refractivity contribution in [3.05, 3.63) is 0 Å². The molecule has 1 rings (SSSR count). The number of methoxy groups -OCH3 is 1. The fraction of sp³-hybridized carbons (Fsp3) is 0.938. The number of nitrogens with zero attached hydrogens (tertiary/aromatic N) is 1. The summed E-state index contributed by atoms with van der Waals surface area (Å²) in [7, 11) is 1.69. The standard InChI is InChI=1S/C16H31NO4/c1-6-16(20-12-8-11-19-5)9-7-10-17(13-16)14(18)21-15(2,3)4/h6-13H2,1-5H3. The lowest BCUT2D eigenvalue weighted by molar-refractivity contribution is -0.0961. The van der Waals surface area contributed by atoms with Crippen LogP contribution >= 0.6 is 0 Å². The summed E-state index contributed by atoms with van der Waals surface area (Å²) in [5, 5.41) is 0. The number of carbonyl (C=O) groups excluding carboxylic acids is 1. The van der Waals surface area contributed by atoms with Gasteiger partial charge in [0.2, 0.25) is 0 Å². The lowest BCUT2D eigenvalue weighted by Crippen LogP contribution is -2.52. The van der Waals surface area contributed by atoms with E-state index < -0.39 is 5.60 Å². The largest absolute Gasteiger partial charge is 0.444 e. The zero-order valence-electron chi connectivity index (χ0n) is 14.2. The van der Waals surface area contributed by atoms with Crippen molar-refractivity contribution in [2.45, 2.75) is 64.6 Å². The Morgan fingerprint density at radius 3 is 2.57 bits per heavy atom. The third-order valence-electron chi connectivity index (χ3n) is 3.74. The molecule has 0 aromatic heterocycles. The Balaban J connectivity index is 2.56. The topological polar surface area (TPSA) is 48.0 Å². The first-order valence-corrected chi connectivity index (χ1v) is 7.93. The summed E-state index contributed by atoms with van der Waals surface area (Å²) in [5.41, 5.74) is -0.689. The molecule has 124 valence electrons. The minimum absolute atomic E-state index is 0.233. The van der Waals surface area contributed by atoms with Crippen molar-refractivity contribution < 1.29 is 19.0 Å². The smallest absolute Gasteiger partial charge is 0.410 e. The highest BCUT2D eigenvalue weighted by molar-refractivity contribution is 5.68. The van der Waals surface area contributed by atoms with Gasteiger partial charge >= 0.3 is 6.09 Å². The molecule has 0 N–H and O–H groups in total. The van der Waals surface area contributed by atoms with Crippen LogP contribution in [0.1, 0.15) is 53.4 Å². The summed E-state index contributed by atoms with van der Waals surface area (Å²) in [6.45, 7) is 10.5. The molecule has 1 unspecified atom stereocenters. The number of hydrogen-bond donors (Lipinski definition) is 0. The molecule has 1 fully saturated rings. The average molecular weight is 301 g/mol. The highest BCUT2D eigenvalue weighted by atomic mass is 16.6. The van der Waals surface area contributed by atoms with Gasteiger partial charge in [0.15, 0.2) is 0 Å². The fourth-order valence-corrected chi connectivity index (χ4v) is 2.58. The van der Waals surface area contributed by atoms with E-state index in [1.807, 2.05) is 20.8 Å². The van der Waals surface area contributed by atoms with Crippen LogP contribution in [-0.4, -0.2) is 55.6 Å². The predicted molar refractivity (Wildman–Crippen MR) is 82.5 cm³/mol. The van der Waals surface area contributed by atoms with Crippen molar-refractivity contribution in [2.75, 3.05) is 33.4 Å². The van der Waals surface area contributed by atoms with Crippen molar-refractivity contribution in [3.8, 4) is 0 Å². The molecule has 0 bridgehead atoms. The molecule has 1 aliphatic rings. The lowest BCUT2D eigenvalue weighted by atomic mass is 9.90. The van der Waals surface area contributed by atoms with E-state index in [2.05, 4.69) is 6.92 Å². The molecule has 5 nitrogen and oxygen atoms in total. The quantitative estimate of drug-likeness (QED) is 0.707. The monoisotopic (exact) mass is 301 g/mol. The van der Waals surface area contributed by atoms with Crippen molar-refractivity contribution >= 4 is 6.09 Å². The van der Waals surface area contributed by atoms with Crippen molar-refractivity contribution in [3.63, 3.8) is 0 Å². The molecule has 1 atom stereocenters. The second kappa shape index (κ2) is 7.99. The van der Waals surface area contributed by atoms with Gasteiger partial charge < -0.3 is 19.1 Å². The zero-order chi connectivity index (χ0) is 15.9. The second-order valence-corrected chi connectivity index (χ2v) is 6.74. The van der Waals surface area contributed by atoms with Gasteiger partial charge in [0.05, 0.1) is 12.1 Å². The Labute approximate surface area is 128 Å². The van der Waals surface area contributed by atoms with Crippen LogP contribution in [0.3, 0.4) is 0 Å². The van der Waals surface area contributed by atoms with Crippen molar-refractivity contribution in [2.24, 2.45) is 0 Å². The average Bonchev–Trinajstić information content (AvgIpc) is 2.42. The third kappa shape index (κ3) is 6.22. The van der Waals surface area contributed by atoms with Crippen LogP contribution in [0.5, 0.6) is 0 Å². The van der Waals surface area contributed by atoms with Crippen LogP contribution in [0.4, 0.5) is 4.79 Å². The first kappa shape index (κ1) is 18.2. The Morgan fingerprint density at radius 2 is 2.00 bits per heavy atom. The van der Waals surface area contributed by atoms with Gasteiger partial charge in [0.1, 0.15) is 5.60 Å². The van der Waals surface area contributed by atoms with Crippen molar-refractivity contribution in [1.82, 2.24) is 4.90 Å². The molecule has 1 heterocycles. The molecule has 0 aromatic carbocycles. The maximum absolute atomic E-state index is 12.2. The van der Waals surface area contributed by atoms with Gasteiger partial charge in [-0.05, 0) is 46.5 Å². The van der Waals surface area contributed by atoms with Crippen LogP contribution < -0.4 is 0 Å². The Kier molecular flexibility index (Phi) is 6.94. The van der Waals surface area contributed by atoms with E-state index in [9.17, 15) is 4.79 Å². The summed E-state index contributed by atoms with van der Waals surface area (Å²) in [5.74, 6) is 0. The molecule has 1 amide bonds. The normalized spacial score (nSPS) is 23.2. The highest BCUT2D eigenvalue weighted by Gasteiger charge is 2.37. The molecule has 0 aromatic rings. The number of carbonyl (C=O) groups is 1. The van der Waals surface area contributed by atoms with Crippen molar-refractivity contribution in [1.29, 1.82) is 0 Å². The van der Waals surface area contributed by atoms with Gasteiger partial charge in [0.25, 0.3) is 0 Å². The molecule has 5 heteroatoms. The maximum atomic E-state index is 12.2.